The first-order valence-electron chi connectivity index (χ1n) is 6.84. The maximum atomic E-state index is 11.2. The van der Waals surface area contributed by atoms with E-state index in [-0.39, 0.29) is 11.7 Å². The van der Waals surface area contributed by atoms with Crippen molar-refractivity contribution in [1.29, 1.82) is 0 Å². The van der Waals surface area contributed by atoms with Crippen molar-refractivity contribution >= 4 is 16.0 Å². The zero-order valence-corrected chi connectivity index (χ0v) is 13.4. The number of carbonyl (C=O) groups excluding carboxylic acids is 1. The largest absolute Gasteiger partial charge is 0.352 e. The number of allylic oxidation sites excluding steroid dienone is 1. The molecule has 0 saturated carbocycles. The van der Waals surface area contributed by atoms with Crippen LogP contribution in [-0.4, -0.2) is 62.8 Å². The van der Waals surface area contributed by atoms with Crippen molar-refractivity contribution in [3.05, 3.63) is 12.2 Å². The van der Waals surface area contributed by atoms with E-state index >= 15 is 0 Å². The fraction of sp³-hybridized carbons (Fsp3) is 0.769. The molecule has 0 aliphatic heterocycles. The van der Waals surface area contributed by atoms with E-state index in [1.54, 1.807) is 13.0 Å². The van der Waals surface area contributed by atoms with Crippen LogP contribution in [0.5, 0.6) is 0 Å². The van der Waals surface area contributed by atoms with E-state index in [2.05, 4.69) is 19.4 Å². The molecule has 0 fully saturated rings. The fourth-order valence-electron chi connectivity index (χ4n) is 1.87. The fourth-order valence-corrected chi connectivity index (χ4v) is 2.43. The number of rotatable bonds is 10. The molecule has 118 valence electrons. The van der Waals surface area contributed by atoms with Gasteiger partial charge in [-0.05, 0) is 25.8 Å². The third-order valence-electron chi connectivity index (χ3n) is 2.97. The normalized spacial score (nSPS) is 12.8. The lowest BCUT2D eigenvalue weighted by molar-refractivity contribution is -0.890. The van der Waals surface area contributed by atoms with Crippen molar-refractivity contribution in [2.24, 2.45) is 0 Å². The Kier molecular flexibility index (Phi) is 8.68. The average molecular weight is 307 g/mol. The van der Waals surface area contributed by atoms with Crippen molar-refractivity contribution in [2.75, 3.05) is 39.5 Å². The third-order valence-corrected chi connectivity index (χ3v) is 3.78. The molecule has 0 aromatic heterocycles. The molecular formula is C13H27N2O4S+. The Labute approximate surface area is 122 Å². The maximum absolute atomic E-state index is 11.2. The number of hydrogen-bond acceptors (Lipinski definition) is 3. The number of quaternary nitrogens is 1. The molecule has 0 atom stereocenters. The number of nitrogens with one attached hydrogen (secondary N) is 1. The van der Waals surface area contributed by atoms with Crippen LogP contribution in [-0.2, 0) is 14.9 Å². The summed E-state index contributed by atoms with van der Waals surface area (Å²) in [7, 11) is 0.303. The van der Waals surface area contributed by atoms with E-state index in [0.717, 1.165) is 30.4 Å². The van der Waals surface area contributed by atoms with Crippen molar-refractivity contribution in [3.8, 4) is 0 Å². The first-order chi connectivity index (χ1) is 9.16. The Morgan fingerprint density at radius 3 is 2.35 bits per heavy atom. The van der Waals surface area contributed by atoms with Gasteiger partial charge in [0.25, 0.3) is 10.1 Å². The molecule has 0 unspecified atom stereocenters. The molecule has 20 heavy (non-hydrogen) atoms. The summed E-state index contributed by atoms with van der Waals surface area (Å²) in [5.74, 6) is -0.252. The summed E-state index contributed by atoms with van der Waals surface area (Å²) in [4.78, 5) is 11.2. The highest BCUT2D eigenvalue weighted by Crippen LogP contribution is 2.04. The number of amides is 1. The van der Waals surface area contributed by atoms with Gasteiger partial charge in [-0.1, -0.05) is 6.08 Å². The summed E-state index contributed by atoms with van der Waals surface area (Å²) in [5, 5.41) is 2.80. The second-order valence-corrected chi connectivity index (χ2v) is 7.09. The Morgan fingerprint density at radius 2 is 1.80 bits per heavy atom. The highest BCUT2D eigenvalue weighted by molar-refractivity contribution is 7.85. The second-order valence-electron chi connectivity index (χ2n) is 5.52. The van der Waals surface area contributed by atoms with Gasteiger partial charge in [0.05, 0.1) is 32.9 Å². The van der Waals surface area contributed by atoms with Crippen molar-refractivity contribution in [1.82, 2.24) is 5.32 Å². The monoisotopic (exact) mass is 307 g/mol. The molecule has 1 amide bonds. The molecule has 0 radical (unpaired) electrons. The molecule has 2 N–H and O–H groups in total. The van der Waals surface area contributed by atoms with E-state index in [9.17, 15) is 13.2 Å². The third kappa shape index (κ3) is 12.1. The summed E-state index contributed by atoms with van der Waals surface area (Å²) in [6.45, 7) is 4.18. The molecule has 0 aliphatic rings. The predicted molar refractivity (Wildman–Crippen MR) is 79.9 cm³/mol. The van der Waals surface area contributed by atoms with Gasteiger partial charge in [-0.3, -0.25) is 9.35 Å². The van der Waals surface area contributed by atoms with Gasteiger partial charge >= 0.3 is 0 Å². The molecule has 0 aromatic carbocycles. The van der Waals surface area contributed by atoms with Gasteiger partial charge in [0.1, 0.15) is 0 Å². The molecule has 6 nitrogen and oxygen atoms in total. The van der Waals surface area contributed by atoms with Crippen LogP contribution >= 0.6 is 0 Å². The van der Waals surface area contributed by atoms with Crippen LogP contribution in [0.25, 0.3) is 0 Å². The van der Waals surface area contributed by atoms with Gasteiger partial charge < -0.3 is 9.80 Å². The summed E-state index contributed by atoms with van der Waals surface area (Å²) >= 11 is 0. The van der Waals surface area contributed by atoms with E-state index in [0.29, 0.717) is 13.0 Å². The van der Waals surface area contributed by atoms with E-state index in [1.807, 2.05) is 0 Å². The lowest BCUT2D eigenvalue weighted by Crippen LogP contribution is -2.42. The van der Waals surface area contributed by atoms with E-state index in [4.69, 9.17) is 4.55 Å². The second kappa shape index (κ2) is 9.10. The van der Waals surface area contributed by atoms with Crippen molar-refractivity contribution in [3.63, 3.8) is 0 Å². The maximum Gasteiger partial charge on any atom is 0.264 e. The summed E-state index contributed by atoms with van der Waals surface area (Å²) < 4.78 is 30.6. The number of unbranched alkanes of at least 4 members (excludes halogenated alkanes) is 1. The molecule has 0 saturated heterocycles. The minimum absolute atomic E-state index is 0.0778. The van der Waals surface area contributed by atoms with E-state index < -0.39 is 10.1 Å². The summed E-state index contributed by atoms with van der Waals surface area (Å²) in [5.41, 5.74) is 0. The minimum atomic E-state index is -3.84. The van der Waals surface area contributed by atoms with Crippen LogP contribution in [0, 0.1) is 0 Å². The first kappa shape index (κ1) is 19.1. The quantitative estimate of drug-likeness (QED) is 0.271. The Morgan fingerprint density at radius 1 is 1.20 bits per heavy atom. The van der Waals surface area contributed by atoms with Gasteiger partial charge in [-0.15, -0.1) is 0 Å². The molecule has 0 heterocycles. The van der Waals surface area contributed by atoms with Crippen LogP contribution in [0.1, 0.15) is 26.2 Å². The molecule has 0 rings (SSSR count). The molecule has 0 aromatic rings. The van der Waals surface area contributed by atoms with Gasteiger partial charge in [0.2, 0.25) is 5.91 Å². The highest BCUT2D eigenvalue weighted by atomic mass is 32.2. The molecule has 0 aliphatic carbocycles. The first-order valence-corrected chi connectivity index (χ1v) is 8.45. The Hall–Kier alpha value is -0.920. The minimum Gasteiger partial charge on any atom is -0.352 e. The molecular weight excluding hydrogens is 280 g/mol. The van der Waals surface area contributed by atoms with Crippen LogP contribution < -0.4 is 5.32 Å². The topological polar surface area (TPSA) is 83.5 Å². The SMILES string of the molecule is CC=CC(=O)NCCC[N+](C)(C)CCCCS(=O)(=O)O. The van der Waals surface area contributed by atoms with Crippen LogP contribution in [0.15, 0.2) is 12.2 Å². The van der Waals surface area contributed by atoms with Crippen molar-refractivity contribution in [2.45, 2.75) is 26.2 Å². The molecule has 0 spiro atoms. The smallest absolute Gasteiger partial charge is 0.264 e. The van der Waals surface area contributed by atoms with Crippen molar-refractivity contribution < 1.29 is 22.2 Å². The predicted octanol–water partition coefficient (Wildman–Crippen LogP) is 0.813. The average Bonchev–Trinajstić information content (AvgIpc) is 2.30. The number of hydrogen-bond donors (Lipinski definition) is 2. The van der Waals surface area contributed by atoms with Crippen LogP contribution in [0.3, 0.4) is 0 Å². The molecule has 7 heteroatoms. The zero-order valence-electron chi connectivity index (χ0n) is 12.6. The van der Waals surface area contributed by atoms with E-state index in [1.165, 1.54) is 6.08 Å². The Balaban J connectivity index is 3.76. The lowest BCUT2D eigenvalue weighted by Gasteiger charge is -2.29. The zero-order chi connectivity index (χ0) is 15.6. The number of nitrogens with zero attached hydrogens (tertiary/aromatic N) is 1. The number of carbonyl (C=O) groups is 1. The van der Waals surface area contributed by atoms with Gasteiger partial charge in [-0.25, -0.2) is 0 Å². The van der Waals surface area contributed by atoms with Crippen LogP contribution in [0.4, 0.5) is 0 Å². The Bertz CT molecular complexity index is 416. The highest BCUT2D eigenvalue weighted by Gasteiger charge is 2.15. The van der Waals surface area contributed by atoms with Gasteiger partial charge in [0, 0.05) is 13.0 Å². The van der Waals surface area contributed by atoms with Gasteiger partial charge in [0.15, 0.2) is 0 Å². The van der Waals surface area contributed by atoms with Crippen LogP contribution in [0.2, 0.25) is 0 Å². The molecule has 0 bridgehead atoms. The lowest BCUT2D eigenvalue weighted by atomic mass is 10.2. The summed E-state index contributed by atoms with van der Waals surface area (Å²) in [6, 6.07) is 0. The summed E-state index contributed by atoms with van der Waals surface area (Å²) in [6.07, 6.45) is 5.28. The van der Waals surface area contributed by atoms with Gasteiger partial charge in [-0.2, -0.15) is 8.42 Å². The standard InChI is InChI=1S/C13H26N2O4S/c1-4-8-13(16)14-9-7-11-15(2,3)10-5-6-12-20(17,18)19/h4,8H,5-7,9-12H2,1-3H3,(H-,14,16,17,18,19)/p+1.